The molecule has 2 aromatic rings. The van der Waals surface area contributed by atoms with E-state index in [1.165, 1.54) is 40.7 Å². The van der Waals surface area contributed by atoms with Gasteiger partial charge < -0.3 is 0 Å². The maximum atomic E-state index is 4.42. The Kier molecular flexibility index (Phi) is 15.3. The molecule has 0 atom stereocenters. The molecule has 33 heavy (non-hydrogen) atoms. The molecule has 0 saturated carbocycles. The SMILES string of the molecule is C=CC(=C)C1(/C(C=C)=C/CCCC)c2ccccc2-c2ccccc21.C=CCC.CC.CC. The molecule has 0 fully saturated rings. The first-order valence-electron chi connectivity index (χ1n) is 12.6. The highest BCUT2D eigenvalue weighted by atomic mass is 14.5. The van der Waals surface area contributed by atoms with E-state index in [0.717, 1.165) is 18.4 Å². The first-order chi connectivity index (χ1) is 16.1. The number of fused-ring (bicyclic) bond motifs is 3. The van der Waals surface area contributed by atoms with Crippen molar-refractivity contribution in [1.29, 1.82) is 0 Å². The lowest BCUT2D eigenvalue weighted by Crippen LogP contribution is -2.29. The van der Waals surface area contributed by atoms with E-state index in [1.54, 1.807) is 0 Å². The number of allylic oxidation sites excluding steroid dienone is 6. The van der Waals surface area contributed by atoms with Crippen molar-refractivity contribution < 1.29 is 0 Å². The highest BCUT2D eigenvalue weighted by molar-refractivity contribution is 5.86. The van der Waals surface area contributed by atoms with Gasteiger partial charge in [0.25, 0.3) is 0 Å². The zero-order valence-corrected chi connectivity index (χ0v) is 22.1. The number of unbranched alkanes of at least 4 members (excludes halogenated alkanes) is 2. The van der Waals surface area contributed by atoms with Gasteiger partial charge in [0.2, 0.25) is 0 Å². The zero-order chi connectivity index (χ0) is 25.3. The topological polar surface area (TPSA) is 0 Å². The molecule has 0 unspecified atom stereocenters. The predicted octanol–water partition coefficient (Wildman–Crippen LogP) is 10.6. The molecule has 0 bridgehead atoms. The minimum Gasteiger partial charge on any atom is -0.103 e. The fraction of sp³-hybridized carbons (Fsp3) is 0.333. The van der Waals surface area contributed by atoms with Gasteiger partial charge in [0.1, 0.15) is 0 Å². The van der Waals surface area contributed by atoms with E-state index in [-0.39, 0.29) is 5.41 Å². The van der Waals surface area contributed by atoms with Crippen molar-refractivity contribution in [1.82, 2.24) is 0 Å². The minimum absolute atomic E-state index is 0.384. The molecule has 1 aliphatic carbocycles. The lowest BCUT2D eigenvalue weighted by molar-refractivity contribution is 0.748. The van der Waals surface area contributed by atoms with Crippen molar-refractivity contribution in [2.75, 3.05) is 0 Å². The second kappa shape index (κ2) is 16.7. The van der Waals surface area contributed by atoms with Crippen LogP contribution in [0.25, 0.3) is 11.1 Å². The summed E-state index contributed by atoms with van der Waals surface area (Å²) in [5.41, 5.74) is 6.96. The lowest BCUT2D eigenvalue weighted by atomic mass is 9.67. The third kappa shape index (κ3) is 6.57. The first-order valence-corrected chi connectivity index (χ1v) is 12.6. The Balaban J connectivity index is 0.00000113. The Morgan fingerprint density at radius 2 is 1.24 bits per heavy atom. The molecule has 0 nitrogen and oxygen atoms in total. The van der Waals surface area contributed by atoms with E-state index in [2.05, 4.69) is 94.8 Å². The van der Waals surface area contributed by atoms with Gasteiger partial charge in [0.15, 0.2) is 0 Å². The number of hydrogen-bond donors (Lipinski definition) is 0. The second-order valence-electron chi connectivity index (χ2n) is 7.27. The second-order valence-corrected chi connectivity index (χ2v) is 7.27. The van der Waals surface area contributed by atoms with Crippen molar-refractivity contribution >= 4 is 0 Å². The third-order valence-corrected chi connectivity index (χ3v) is 5.54. The molecular formula is C33H46. The summed E-state index contributed by atoms with van der Waals surface area (Å²) in [7, 11) is 0. The average molecular weight is 443 g/mol. The van der Waals surface area contributed by atoms with Crippen LogP contribution in [0.5, 0.6) is 0 Å². The van der Waals surface area contributed by atoms with Crippen LogP contribution >= 0.6 is 0 Å². The van der Waals surface area contributed by atoms with Gasteiger partial charge in [-0.15, -0.1) is 6.58 Å². The van der Waals surface area contributed by atoms with Crippen LogP contribution in [0.3, 0.4) is 0 Å². The van der Waals surface area contributed by atoms with Crippen molar-refractivity contribution in [2.24, 2.45) is 0 Å². The lowest BCUT2D eigenvalue weighted by Gasteiger charge is -2.35. The van der Waals surface area contributed by atoms with Gasteiger partial charge in [-0.25, -0.2) is 0 Å². The summed E-state index contributed by atoms with van der Waals surface area (Å²) in [6, 6.07) is 17.3. The Hall–Kier alpha value is -2.86. The number of hydrogen-bond acceptors (Lipinski definition) is 0. The molecular weight excluding hydrogens is 396 g/mol. The van der Waals surface area contributed by atoms with E-state index in [9.17, 15) is 0 Å². The van der Waals surface area contributed by atoms with Crippen molar-refractivity contribution in [3.63, 3.8) is 0 Å². The summed E-state index contributed by atoms with van der Waals surface area (Å²) in [5.74, 6) is 0. The molecule has 1 aliphatic rings. The van der Waals surface area contributed by atoms with Crippen LogP contribution < -0.4 is 0 Å². The van der Waals surface area contributed by atoms with Gasteiger partial charge in [0, 0.05) is 0 Å². The maximum absolute atomic E-state index is 4.42. The molecule has 0 heteroatoms. The van der Waals surface area contributed by atoms with Crippen molar-refractivity contribution in [3.05, 3.63) is 121 Å². The van der Waals surface area contributed by atoms with Crippen LogP contribution in [-0.2, 0) is 5.41 Å². The summed E-state index contributed by atoms with van der Waals surface area (Å²) < 4.78 is 0. The van der Waals surface area contributed by atoms with E-state index < -0.39 is 0 Å². The van der Waals surface area contributed by atoms with E-state index in [0.29, 0.717) is 0 Å². The Bertz CT molecular complexity index is 862. The van der Waals surface area contributed by atoms with Crippen LogP contribution in [0.2, 0.25) is 0 Å². The summed E-state index contributed by atoms with van der Waals surface area (Å²) in [5, 5.41) is 0. The van der Waals surface area contributed by atoms with Gasteiger partial charge in [-0.2, -0.15) is 0 Å². The third-order valence-electron chi connectivity index (χ3n) is 5.54. The molecule has 0 aromatic heterocycles. The molecule has 0 radical (unpaired) electrons. The van der Waals surface area contributed by atoms with Crippen molar-refractivity contribution in [2.45, 2.75) is 72.6 Å². The highest BCUT2D eigenvalue weighted by Crippen LogP contribution is 2.56. The normalized spacial score (nSPS) is 12.1. The molecule has 0 N–H and O–H groups in total. The molecule has 3 rings (SSSR count). The number of benzene rings is 2. The molecule has 0 amide bonds. The highest BCUT2D eigenvalue weighted by Gasteiger charge is 2.45. The Labute approximate surface area is 205 Å². The molecule has 0 heterocycles. The van der Waals surface area contributed by atoms with E-state index in [1.807, 2.05) is 45.9 Å². The largest absolute Gasteiger partial charge is 0.103 e. The Morgan fingerprint density at radius 3 is 1.61 bits per heavy atom. The van der Waals surface area contributed by atoms with Crippen LogP contribution in [0, 0.1) is 0 Å². The summed E-state index contributed by atoms with van der Waals surface area (Å²) in [6.07, 6.45) is 12.6. The molecule has 0 aliphatic heterocycles. The monoisotopic (exact) mass is 442 g/mol. The zero-order valence-electron chi connectivity index (χ0n) is 22.1. The van der Waals surface area contributed by atoms with Crippen LogP contribution in [-0.4, -0.2) is 0 Å². The maximum Gasteiger partial charge on any atom is 0.0704 e. The van der Waals surface area contributed by atoms with Gasteiger partial charge in [0.05, 0.1) is 5.41 Å². The summed E-state index contributed by atoms with van der Waals surface area (Å²) in [4.78, 5) is 0. The predicted molar refractivity (Wildman–Crippen MR) is 153 cm³/mol. The minimum atomic E-state index is -0.384. The summed E-state index contributed by atoms with van der Waals surface area (Å²) >= 11 is 0. The van der Waals surface area contributed by atoms with Crippen molar-refractivity contribution in [3.8, 4) is 11.1 Å². The van der Waals surface area contributed by atoms with E-state index in [4.69, 9.17) is 0 Å². The molecule has 0 saturated heterocycles. The van der Waals surface area contributed by atoms with Gasteiger partial charge >= 0.3 is 0 Å². The molecule has 0 spiro atoms. The molecule has 178 valence electrons. The fourth-order valence-electron chi connectivity index (χ4n) is 4.08. The smallest absolute Gasteiger partial charge is 0.0704 e. The first kappa shape index (κ1) is 30.1. The van der Waals surface area contributed by atoms with Gasteiger partial charge in [-0.3, -0.25) is 0 Å². The summed E-state index contributed by atoms with van der Waals surface area (Å²) in [6.45, 7) is 28.4. The Morgan fingerprint density at radius 1 is 0.788 bits per heavy atom. The fourth-order valence-corrected chi connectivity index (χ4v) is 4.08. The standard InChI is InChI=1S/C25H26.C4H8.2C2H6/c1-5-8-9-14-20(7-3)25(19(4)6-2)23-17-12-10-15-21(23)22-16-11-13-18-24(22)25;1-3-4-2;2*1-2/h6-7,10-18H,2-5,8-9H2,1H3;3H,1,4H2,2H3;2*1-2H3/b20-14+;;;. The average Bonchev–Trinajstić information content (AvgIpc) is 3.20. The van der Waals surface area contributed by atoms with Gasteiger partial charge in [-0.1, -0.05) is 147 Å². The van der Waals surface area contributed by atoms with Crippen LogP contribution in [0.1, 0.15) is 78.4 Å². The van der Waals surface area contributed by atoms with Gasteiger partial charge in [-0.05, 0) is 46.2 Å². The van der Waals surface area contributed by atoms with E-state index >= 15 is 0 Å². The van der Waals surface area contributed by atoms with Crippen LogP contribution in [0.15, 0.2) is 110 Å². The number of rotatable bonds is 8. The quantitative estimate of drug-likeness (QED) is 0.217. The molecule has 2 aromatic carbocycles. The van der Waals surface area contributed by atoms with Crippen LogP contribution in [0.4, 0.5) is 0 Å².